The molecule has 18 heavy (non-hydrogen) atoms. The van der Waals surface area contributed by atoms with E-state index in [1.807, 2.05) is 0 Å². The molecular formula is C15H28O2Si. The average Bonchev–Trinajstić information content (AvgIpc) is 2.20. The Morgan fingerprint density at radius 2 is 1.61 bits per heavy atom. The molecule has 0 amide bonds. The van der Waals surface area contributed by atoms with Crippen molar-refractivity contribution in [3.05, 3.63) is 12.2 Å². The fourth-order valence-electron chi connectivity index (χ4n) is 3.56. The molecule has 1 saturated heterocycles. The van der Waals surface area contributed by atoms with Gasteiger partial charge < -0.3 is 8.85 Å². The molecule has 2 fully saturated rings. The Morgan fingerprint density at radius 3 is 2.11 bits per heavy atom. The predicted molar refractivity (Wildman–Crippen MR) is 77.9 cm³/mol. The van der Waals surface area contributed by atoms with Crippen LogP contribution >= 0.6 is 0 Å². The SMILES string of the molecule is C=C1CC[C@@H]2C[C@H]1O[Si](C(C)(C)C)(C(C)(C)C)O2. The third kappa shape index (κ3) is 2.10. The van der Waals surface area contributed by atoms with E-state index < -0.39 is 8.56 Å². The Labute approximate surface area is 113 Å². The van der Waals surface area contributed by atoms with E-state index in [0.29, 0.717) is 6.10 Å². The van der Waals surface area contributed by atoms with Crippen LogP contribution in [0.15, 0.2) is 12.2 Å². The first-order valence-corrected chi connectivity index (χ1v) is 8.92. The van der Waals surface area contributed by atoms with Crippen molar-refractivity contribution in [1.29, 1.82) is 0 Å². The third-order valence-electron chi connectivity index (χ3n) is 4.34. The predicted octanol–water partition coefficient (Wildman–Crippen LogP) is 4.55. The van der Waals surface area contributed by atoms with Gasteiger partial charge in [0.2, 0.25) is 0 Å². The van der Waals surface area contributed by atoms with Gasteiger partial charge in [-0.25, -0.2) is 0 Å². The van der Waals surface area contributed by atoms with Crippen molar-refractivity contribution in [2.24, 2.45) is 0 Å². The minimum absolute atomic E-state index is 0.0831. The first-order valence-electron chi connectivity index (χ1n) is 7.10. The van der Waals surface area contributed by atoms with Crippen LogP contribution in [0.5, 0.6) is 0 Å². The zero-order chi connectivity index (χ0) is 13.8. The molecule has 0 aromatic carbocycles. The smallest absolute Gasteiger partial charge is 0.350 e. The number of hydrogen-bond acceptors (Lipinski definition) is 2. The van der Waals surface area contributed by atoms with E-state index >= 15 is 0 Å². The van der Waals surface area contributed by atoms with Crippen molar-refractivity contribution in [2.45, 2.75) is 83.1 Å². The van der Waals surface area contributed by atoms with Gasteiger partial charge in [0.25, 0.3) is 0 Å². The maximum absolute atomic E-state index is 6.60. The van der Waals surface area contributed by atoms with E-state index in [4.69, 9.17) is 8.85 Å². The first-order chi connectivity index (χ1) is 8.07. The van der Waals surface area contributed by atoms with Crippen LogP contribution in [-0.2, 0) is 8.85 Å². The van der Waals surface area contributed by atoms with Crippen molar-refractivity contribution in [3.8, 4) is 0 Å². The summed E-state index contributed by atoms with van der Waals surface area (Å²) < 4.78 is 13.2. The highest BCUT2D eigenvalue weighted by Gasteiger charge is 2.62. The fourth-order valence-corrected chi connectivity index (χ4v) is 8.63. The summed E-state index contributed by atoms with van der Waals surface area (Å²) >= 11 is 0. The summed E-state index contributed by atoms with van der Waals surface area (Å²) in [5.41, 5.74) is 1.28. The van der Waals surface area contributed by atoms with Crippen LogP contribution in [0, 0.1) is 0 Å². The van der Waals surface area contributed by atoms with Crippen LogP contribution in [0.25, 0.3) is 0 Å². The van der Waals surface area contributed by atoms with E-state index in [9.17, 15) is 0 Å². The molecule has 1 saturated carbocycles. The maximum atomic E-state index is 6.60. The normalized spacial score (nSPS) is 32.4. The van der Waals surface area contributed by atoms with E-state index in [-0.39, 0.29) is 16.2 Å². The van der Waals surface area contributed by atoms with Crippen molar-refractivity contribution in [2.75, 3.05) is 0 Å². The highest BCUT2D eigenvalue weighted by Crippen LogP contribution is 2.56. The Morgan fingerprint density at radius 1 is 1.06 bits per heavy atom. The second kappa shape index (κ2) is 4.19. The van der Waals surface area contributed by atoms with Gasteiger partial charge in [-0.3, -0.25) is 0 Å². The lowest BCUT2D eigenvalue weighted by molar-refractivity contribution is -0.0286. The lowest BCUT2D eigenvalue weighted by Crippen LogP contribution is -2.64. The van der Waals surface area contributed by atoms with Crippen LogP contribution in [0.1, 0.15) is 60.8 Å². The number of fused-ring (bicyclic) bond motifs is 2. The molecule has 2 atom stereocenters. The Bertz CT molecular complexity index is 334. The summed E-state index contributed by atoms with van der Waals surface area (Å²) in [7, 11) is -2.28. The molecule has 2 bridgehead atoms. The Hall–Kier alpha value is -0.123. The van der Waals surface area contributed by atoms with Crippen LogP contribution in [0.3, 0.4) is 0 Å². The standard InChI is InChI=1S/C15H28O2Si/c1-11-8-9-12-10-13(11)17-18(16-12,14(2,3)4)15(5,6)7/h12-13H,1,8-10H2,2-7H3/t12-,13-/m1/s1. The summed E-state index contributed by atoms with van der Waals surface area (Å²) in [6.07, 6.45) is 3.83. The molecule has 2 rings (SSSR count). The minimum Gasteiger partial charge on any atom is -0.390 e. The van der Waals surface area contributed by atoms with Crippen molar-refractivity contribution >= 4 is 8.56 Å². The van der Waals surface area contributed by atoms with Crippen LogP contribution in [0.2, 0.25) is 10.1 Å². The van der Waals surface area contributed by atoms with Gasteiger partial charge in [0, 0.05) is 16.5 Å². The molecule has 0 spiro atoms. The van der Waals surface area contributed by atoms with E-state index in [1.165, 1.54) is 5.57 Å². The summed E-state index contributed by atoms with van der Waals surface area (Å²) in [5.74, 6) is 0. The highest BCUT2D eigenvalue weighted by molar-refractivity contribution is 6.73. The number of rotatable bonds is 0. The molecule has 2 nitrogen and oxygen atoms in total. The Kier molecular flexibility index (Phi) is 3.32. The third-order valence-corrected chi connectivity index (χ3v) is 9.57. The lowest BCUT2D eigenvalue weighted by Gasteiger charge is -2.56. The lowest BCUT2D eigenvalue weighted by atomic mass is 9.91. The highest BCUT2D eigenvalue weighted by atomic mass is 28.4. The van der Waals surface area contributed by atoms with Crippen LogP contribution in [0.4, 0.5) is 0 Å². The molecule has 1 aliphatic heterocycles. The van der Waals surface area contributed by atoms with Crippen molar-refractivity contribution in [3.63, 3.8) is 0 Å². The maximum Gasteiger partial charge on any atom is 0.350 e. The topological polar surface area (TPSA) is 18.5 Å². The average molecular weight is 268 g/mol. The second-order valence-corrected chi connectivity index (χ2v) is 12.6. The van der Waals surface area contributed by atoms with Gasteiger partial charge in [-0.15, -0.1) is 0 Å². The second-order valence-electron chi connectivity index (χ2n) is 7.90. The van der Waals surface area contributed by atoms with E-state index in [0.717, 1.165) is 19.3 Å². The van der Waals surface area contributed by atoms with Crippen LogP contribution < -0.4 is 0 Å². The van der Waals surface area contributed by atoms with Gasteiger partial charge >= 0.3 is 8.56 Å². The summed E-state index contributed by atoms with van der Waals surface area (Å²) in [6, 6.07) is 0. The van der Waals surface area contributed by atoms with Gasteiger partial charge in [-0.2, -0.15) is 0 Å². The molecule has 0 aromatic heterocycles. The van der Waals surface area contributed by atoms with Crippen LogP contribution in [-0.4, -0.2) is 20.8 Å². The van der Waals surface area contributed by atoms with Crippen molar-refractivity contribution < 1.29 is 8.85 Å². The minimum atomic E-state index is -2.28. The quantitative estimate of drug-likeness (QED) is 0.474. The Balaban J connectivity index is 2.41. The zero-order valence-electron chi connectivity index (χ0n) is 12.8. The summed E-state index contributed by atoms with van der Waals surface area (Å²) in [4.78, 5) is 0. The molecule has 0 radical (unpaired) electrons. The first kappa shape index (κ1) is 14.3. The largest absolute Gasteiger partial charge is 0.390 e. The van der Waals surface area contributed by atoms with Gasteiger partial charge in [0.15, 0.2) is 0 Å². The number of hydrogen-bond donors (Lipinski definition) is 0. The summed E-state index contributed by atoms with van der Waals surface area (Å²) in [6.45, 7) is 17.8. The van der Waals surface area contributed by atoms with E-state index in [2.05, 4.69) is 48.1 Å². The molecule has 1 aliphatic carbocycles. The van der Waals surface area contributed by atoms with Crippen molar-refractivity contribution in [1.82, 2.24) is 0 Å². The monoisotopic (exact) mass is 268 g/mol. The molecule has 0 aromatic rings. The molecule has 1 heterocycles. The van der Waals surface area contributed by atoms with Gasteiger partial charge in [-0.05, 0) is 18.4 Å². The molecule has 0 N–H and O–H groups in total. The fraction of sp³-hybridized carbons (Fsp3) is 0.867. The van der Waals surface area contributed by atoms with Gasteiger partial charge in [0.05, 0.1) is 12.2 Å². The molecule has 3 heteroatoms. The molecule has 2 aliphatic rings. The van der Waals surface area contributed by atoms with Gasteiger partial charge in [0.1, 0.15) is 0 Å². The zero-order valence-corrected chi connectivity index (χ0v) is 13.8. The molecule has 0 unspecified atom stereocenters. The summed E-state index contributed by atoms with van der Waals surface area (Å²) in [5, 5.41) is 0.166. The van der Waals surface area contributed by atoms with E-state index in [1.54, 1.807) is 0 Å². The molecular weight excluding hydrogens is 240 g/mol. The van der Waals surface area contributed by atoms with Gasteiger partial charge in [-0.1, -0.05) is 48.1 Å². The molecule has 104 valence electrons.